The Bertz CT molecular complexity index is 3280. The van der Waals surface area contributed by atoms with Crippen LogP contribution in [-0.2, 0) is 0 Å². The zero-order valence-corrected chi connectivity index (χ0v) is 31.7. The quantitative estimate of drug-likeness (QED) is 0.162. The van der Waals surface area contributed by atoms with Crippen LogP contribution >= 0.6 is 0 Å². The number of benzene rings is 10. The summed E-state index contributed by atoms with van der Waals surface area (Å²) in [6.07, 6.45) is 0. The molecule has 0 saturated heterocycles. The Morgan fingerprint density at radius 2 is 0.810 bits per heavy atom. The molecule has 0 saturated carbocycles. The molecule has 2 nitrogen and oxygen atoms in total. The maximum absolute atomic E-state index is 6.26. The number of rotatable bonds is 7. The van der Waals surface area contributed by atoms with E-state index in [0.29, 0.717) is 0 Å². The molecule has 0 fully saturated rings. The van der Waals surface area contributed by atoms with Gasteiger partial charge in [0, 0.05) is 27.7 Å². The molecule has 0 aliphatic heterocycles. The van der Waals surface area contributed by atoms with Crippen LogP contribution in [0.4, 0.5) is 17.1 Å². The molecular weight excluding hydrogens is 703 g/mol. The van der Waals surface area contributed by atoms with Gasteiger partial charge in [0.1, 0.15) is 11.2 Å². The van der Waals surface area contributed by atoms with Gasteiger partial charge in [0.2, 0.25) is 0 Å². The first-order valence-electron chi connectivity index (χ1n) is 19.8. The molecule has 11 rings (SSSR count). The second-order valence-electron chi connectivity index (χ2n) is 14.9. The smallest absolute Gasteiger partial charge is 0.136 e. The molecule has 1 heterocycles. The Morgan fingerprint density at radius 1 is 0.293 bits per heavy atom. The van der Waals surface area contributed by atoms with E-state index in [2.05, 4.69) is 217 Å². The van der Waals surface area contributed by atoms with Gasteiger partial charge in [0.15, 0.2) is 0 Å². The predicted octanol–water partition coefficient (Wildman–Crippen LogP) is 16.0. The van der Waals surface area contributed by atoms with Crippen molar-refractivity contribution in [1.82, 2.24) is 0 Å². The molecule has 1 aromatic heterocycles. The first-order chi connectivity index (χ1) is 28.7. The van der Waals surface area contributed by atoms with Gasteiger partial charge in [0.05, 0.1) is 5.69 Å². The molecule has 10 aromatic carbocycles. The largest absolute Gasteiger partial charge is 0.456 e. The maximum Gasteiger partial charge on any atom is 0.136 e. The van der Waals surface area contributed by atoms with Crippen molar-refractivity contribution in [3.8, 4) is 44.5 Å². The topological polar surface area (TPSA) is 16.4 Å². The molecule has 58 heavy (non-hydrogen) atoms. The van der Waals surface area contributed by atoms with Gasteiger partial charge in [-0.15, -0.1) is 0 Å². The highest BCUT2D eigenvalue weighted by atomic mass is 16.3. The highest BCUT2D eigenvalue weighted by Gasteiger charge is 2.19. The molecule has 0 N–H and O–H groups in total. The Balaban J connectivity index is 1.03. The standard InChI is InChI=1S/C56H37NO/c1-3-13-43-35-46(29-25-38(43)11-1)40-23-27-41(28-24-40)50-17-5-7-20-53(50)57(49-16-9-15-45(37-49)47-30-26-39-12-2-4-14-44(39)36-47)48-33-31-42(32-34-48)51-19-10-22-55-56(51)52-18-6-8-21-54(52)58-55/h1-37H. The maximum atomic E-state index is 6.26. The van der Waals surface area contributed by atoms with E-state index in [1.54, 1.807) is 0 Å². The van der Waals surface area contributed by atoms with Gasteiger partial charge in [-0.2, -0.15) is 0 Å². The molecule has 0 aliphatic carbocycles. The third-order valence-electron chi connectivity index (χ3n) is 11.4. The molecule has 0 aliphatic rings. The molecule has 11 aromatic rings. The SMILES string of the molecule is c1cc(-c2ccc3ccccc3c2)cc(N(c2ccc(-c3cccc4oc5ccccc5c34)cc2)c2ccccc2-c2ccc(-c3ccc4ccccc4c3)cc2)c1. The predicted molar refractivity (Wildman–Crippen MR) is 245 cm³/mol. The minimum atomic E-state index is 0.899. The number of furan rings is 1. The molecule has 0 spiro atoms. The number of hydrogen-bond donors (Lipinski definition) is 0. The summed E-state index contributed by atoms with van der Waals surface area (Å²) in [6, 6.07) is 80.8. The highest BCUT2D eigenvalue weighted by molar-refractivity contribution is 6.12. The van der Waals surface area contributed by atoms with Crippen molar-refractivity contribution in [3.63, 3.8) is 0 Å². The average molecular weight is 740 g/mol. The Labute approximate surface area is 337 Å². The van der Waals surface area contributed by atoms with Crippen molar-refractivity contribution < 1.29 is 4.42 Å². The first-order valence-corrected chi connectivity index (χ1v) is 19.8. The van der Waals surface area contributed by atoms with Gasteiger partial charge < -0.3 is 9.32 Å². The van der Waals surface area contributed by atoms with Crippen molar-refractivity contribution >= 4 is 60.5 Å². The van der Waals surface area contributed by atoms with Gasteiger partial charge >= 0.3 is 0 Å². The van der Waals surface area contributed by atoms with E-state index >= 15 is 0 Å². The van der Waals surface area contributed by atoms with Crippen LogP contribution in [0.25, 0.3) is 88.0 Å². The van der Waals surface area contributed by atoms with E-state index < -0.39 is 0 Å². The fourth-order valence-electron chi connectivity index (χ4n) is 8.55. The zero-order valence-electron chi connectivity index (χ0n) is 31.7. The second kappa shape index (κ2) is 14.1. The van der Waals surface area contributed by atoms with Gasteiger partial charge in [-0.05, 0) is 115 Å². The Morgan fingerprint density at radius 3 is 1.57 bits per heavy atom. The molecule has 0 radical (unpaired) electrons. The summed E-state index contributed by atoms with van der Waals surface area (Å²) >= 11 is 0. The van der Waals surface area contributed by atoms with E-state index in [1.165, 1.54) is 43.8 Å². The number of anilines is 3. The van der Waals surface area contributed by atoms with Crippen molar-refractivity contribution in [3.05, 3.63) is 224 Å². The number of para-hydroxylation sites is 2. The van der Waals surface area contributed by atoms with Crippen LogP contribution in [0.1, 0.15) is 0 Å². The van der Waals surface area contributed by atoms with Crippen molar-refractivity contribution in [2.45, 2.75) is 0 Å². The van der Waals surface area contributed by atoms with Crippen LogP contribution in [0.5, 0.6) is 0 Å². The third kappa shape index (κ3) is 6.00. The molecule has 2 heteroatoms. The van der Waals surface area contributed by atoms with Crippen molar-refractivity contribution in [2.24, 2.45) is 0 Å². The fourth-order valence-corrected chi connectivity index (χ4v) is 8.55. The van der Waals surface area contributed by atoms with E-state index in [-0.39, 0.29) is 0 Å². The first kappa shape index (κ1) is 33.6. The summed E-state index contributed by atoms with van der Waals surface area (Å²) in [5.74, 6) is 0. The fraction of sp³-hybridized carbons (Fsp3) is 0. The van der Waals surface area contributed by atoms with Crippen molar-refractivity contribution in [1.29, 1.82) is 0 Å². The van der Waals surface area contributed by atoms with Crippen LogP contribution < -0.4 is 4.90 Å². The van der Waals surface area contributed by atoms with Crippen LogP contribution in [0.3, 0.4) is 0 Å². The monoisotopic (exact) mass is 739 g/mol. The number of fused-ring (bicyclic) bond motifs is 5. The normalized spacial score (nSPS) is 11.4. The molecular formula is C56H37NO. The summed E-state index contributed by atoms with van der Waals surface area (Å²) < 4.78 is 6.26. The molecule has 0 unspecified atom stereocenters. The number of nitrogens with zero attached hydrogens (tertiary/aromatic N) is 1. The lowest BCUT2D eigenvalue weighted by Gasteiger charge is -2.28. The van der Waals surface area contributed by atoms with Gasteiger partial charge in [-0.25, -0.2) is 0 Å². The third-order valence-corrected chi connectivity index (χ3v) is 11.4. The summed E-state index contributed by atoms with van der Waals surface area (Å²) in [5, 5.41) is 7.24. The zero-order chi connectivity index (χ0) is 38.4. The molecule has 272 valence electrons. The molecule has 0 atom stereocenters. The lowest BCUT2D eigenvalue weighted by molar-refractivity contribution is 0.669. The van der Waals surface area contributed by atoms with Crippen LogP contribution in [0.15, 0.2) is 229 Å². The molecule has 0 bridgehead atoms. The average Bonchev–Trinajstić information content (AvgIpc) is 3.69. The Hall–Kier alpha value is -7.68. The molecule has 0 amide bonds. The van der Waals surface area contributed by atoms with Crippen LogP contribution in [-0.4, -0.2) is 0 Å². The lowest BCUT2D eigenvalue weighted by atomic mass is 9.96. The summed E-state index contributed by atoms with van der Waals surface area (Å²) in [6.45, 7) is 0. The van der Waals surface area contributed by atoms with Crippen LogP contribution in [0, 0.1) is 0 Å². The summed E-state index contributed by atoms with van der Waals surface area (Å²) in [4.78, 5) is 2.40. The van der Waals surface area contributed by atoms with Gasteiger partial charge in [-0.3, -0.25) is 0 Å². The van der Waals surface area contributed by atoms with Gasteiger partial charge in [0.25, 0.3) is 0 Å². The lowest BCUT2D eigenvalue weighted by Crippen LogP contribution is -2.11. The number of hydrogen-bond acceptors (Lipinski definition) is 2. The van der Waals surface area contributed by atoms with Crippen LogP contribution in [0.2, 0.25) is 0 Å². The highest BCUT2D eigenvalue weighted by Crippen LogP contribution is 2.44. The van der Waals surface area contributed by atoms with Gasteiger partial charge in [-0.1, -0.05) is 170 Å². The summed E-state index contributed by atoms with van der Waals surface area (Å²) in [7, 11) is 0. The minimum absolute atomic E-state index is 0.899. The minimum Gasteiger partial charge on any atom is -0.456 e. The van der Waals surface area contributed by atoms with E-state index in [0.717, 1.165) is 61.3 Å². The Kier molecular flexibility index (Phi) is 8.19. The second-order valence-corrected chi connectivity index (χ2v) is 14.9. The van der Waals surface area contributed by atoms with E-state index in [4.69, 9.17) is 4.42 Å². The van der Waals surface area contributed by atoms with Crippen molar-refractivity contribution in [2.75, 3.05) is 4.90 Å². The summed E-state index contributed by atoms with van der Waals surface area (Å²) in [5.41, 5.74) is 14.4. The van der Waals surface area contributed by atoms with E-state index in [1.807, 2.05) is 12.1 Å². The van der Waals surface area contributed by atoms with E-state index in [9.17, 15) is 0 Å².